The van der Waals surface area contributed by atoms with Crippen LogP contribution in [0.5, 0.6) is 0 Å². The molecule has 2 aromatic rings. The number of hydrogen-bond donors (Lipinski definition) is 0. The van der Waals surface area contributed by atoms with Crippen molar-refractivity contribution in [2.24, 2.45) is 0 Å². The van der Waals surface area contributed by atoms with Crippen LogP contribution in [0, 0.1) is 11.3 Å². The third kappa shape index (κ3) is 3.48. The summed E-state index contributed by atoms with van der Waals surface area (Å²) in [6, 6.07) is 11.8. The van der Waals surface area contributed by atoms with Gasteiger partial charge < -0.3 is 4.74 Å². The fraction of sp³-hybridized carbons (Fsp3) is 0.0667. The van der Waals surface area contributed by atoms with Gasteiger partial charge in [-0.2, -0.15) is 5.26 Å². The van der Waals surface area contributed by atoms with Gasteiger partial charge in [-0.3, -0.25) is 0 Å². The minimum absolute atomic E-state index is 0.0141. The van der Waals surface area contributed by atoms with Gasteiger partial charge in [-0.05, 0) is 18.2 Å². The minimum Gasteiger partial charge on any atom is -0.457 e. The molecule has 6 heteroatoms. The van der Waals surface area contributed by atoms with Crippen molar-refractivity contribution in [1.82, 2.24) is 0 Å². The Bertz CT molecular complexity index is 738. The van der Waals surface area contributed by atoms with Gasteiger partial charge >= 0.3 is 5.97 Å². The van der Waals surface area contributed by atoms with Crippen LogP contribution in [0.3, 0.4) is 0 Å². The van der Waals surface area contributed by atoms with E-state index < -0.39 is 5.97 Å². The lowest BCUT2D eigenvalue weighted by Gasteiger charge is -2.09. The maximum absolute atomic E-state index is 12.1. The Morgan fingerprint density at radius 3 is 2.48 bits per heavy atom. The second kappa shape index (κ2) is 6.82. The van der Waals surface area contributed by atoms with Gasteiger partial charge in [0, 0.05) is 5.56 Å². The van der Waals surface area contributed by atoms with Gasteiger partial charge in [0.25, 0.3) is 0 Å². The lowest BCUT2D eigenvalue weighted by atomic mass is 10.1. The van der Waals surface area contributed by atoms with Crippen LogP contribution in [0.25, 0.3) is 0 Å². The first kappa shape index (κ1) is 15.7. The molecule has 0 heterocycles. The first-order valence-corrected chi connectivity index (χ1v) is 6.96. The zero-order valence-electron chi connectivity index (χ0n) is 10.6. The highest BCUT2D eigenvalue weighted by atomic mass is 35.5. The summed E-state index contributed by atoms with van der Waals surface area (Å²) in [4.78, 5) is 12.1. The Morgan fingerprint density at radius 1 is 1.10 bits per heavy atom. The van der Waals surface area contributed by atoms with E-state index in [1.165, 1.54) is 12.1 Å². The molecule has 21 heavy (non-hydrogen) atoms. The number of carbonyl (C=O) groups is 1. The Kier molecular flexibility index (Phi) is 5.08. The van der Waals surface area contributed by atoms with Crippen molar-refractivity contribution in [2.75, 3.05) is 0 Å². The summed E-state index contributed by atoms with van der Waals surface area (Å²) in [5.74, 6) is -0.694. The third-order valence-corrected chi connectivity index (χ3v) is 3.86. The number of benzene rings is 2. The van der Waals surface area contributed by atoms with Crippen molar-refractivity contribution < 1.29 is 9.53 Å². The van der Waals surface area contributed by atoms with Crippen LogP contribution in [-0.2, 0) is 11.3 Å². The topological polar surface area (TPSA) is 50.1 Å². The maximum atomic E-state index is 12.1. The quantitative estimate of drug-likeness (QED) is 0.591. The van der Waals surface area contributed by atoms with Crippen molar-refractivity contribution >= 4 is 40.8 Å². The van der Waals surface area contributed by atoms with Gasteiger partial charge in [0.1, 0.15) is 6.61 Å². The van der Waals surface area contributed by atoms with E-state index in [1.54, 1.807) is 24.3 Å². The summed E-state index contributed by atoms with van der Waals surface area (Å²) in [6.07, 6.45) is 0. The van der Waals surface area contributed by atoms with Crippen molar-refractivity contribution in [2.45, 2.75) is 6.61 Å². The Morgan fingerprint density at radius 2 is 1.76 bits per heavy atom. The molecule has 2 aromatic carbocycles. The molecule has 2 rings (SSSR count). The van der Waals surface area contributed by atoms with Crippen molar-refractivity contribution in [3.05, 3.63) is 68.2 Å². The molecular formula is C15H8Cl3NO2. The van der Waals surface area contributed by atoms with Crippen LogP contribution >= 0.6 is 34.8 Å². The molecule has 0 aromatic heterocycles. The van der Waals surface area contributed by atoms with E-state index in [0.717, 1.165) is 0 Å². The number of nitriles is 1. The summed E-state index contributed by atoms with van der Waals surface area (Å²) in [7, 11) is 0. The van der Waals surface area contributed by atoms with Crippen molar-refractivity contribution in [1.29, 1.82) is 5.26 Å². The SMILES string of the molecule is N#Cc1ccccc1COC(=O)c1c(Cl)ccc(Cl)c1Cl. The maximum Gasteiger partial charge on any atom is 0.341 e. The average Bonchev–Trinajstić information content (AvgIpc) is 2.49. The van der Waals surface area contributed by atoms with E-state index in [2.05, 4.69) is 0 Å². The van der Waals surface area contributed by atoms with Gasteiger partial charge in [-0.1, -0.05) is 53.0 Å². The summed E-state index contributed by atoms with van der Waals surface area (Å²) < 4.78 is 5.16. The zero-order chi connectivity index (χ0) is 15.4. The zero-order valence-corrected chi connectivity index (χ0v) is 12.8. The Balaban J connectivity index is 2.20. The summed E-state index contributed by atoms with van der Waals surface area (Å²) in [6.45, 7) is -0.0538. The molecule has 0 fully saturated rings. The molecule has 0 aliphatic carbocycles. The molecule has 0 aliphatic heterocycles. The molecule has 0 unspecified atom stereocenters. The second-order valence-electron chi connectivity index (χ2n) is 4.06. The monoisotopic (exact) mass is 339 g/mol. The smallest absolute Gasteiger partial charge is 0.341 e. The van der Waals surface area contributed by atoms with E-state index in [9.17, 15) is 4.79 Å². The standard InChI is InChI=1S/C15H8Cl3NO2/c16-11-5-6-12(17)14(18)13(11)15(20)21-8-10-4-2-1-3-9(10)7-19/h1-6H,8H2. The molecule has 0 radical (unpaired) electrons. The van der Waals surface area contributed by atoms with Crippen LogP contribution in [0.4, 0.5) is 0 Å². The first-order valence-electron chi connectivity index (χ1n) is 5.83. The van der Waals surface area contributed by atoms with Gasteiger partial charge in [-0.15, -0.1) is 0 Å². The number of nitrogens with zero attached hydrogens (tertiary/aromatic N) is 1. The van der Waals surface area contributed by atoms with Crippen LogP contribution in [-0.4, -0.2) is 5.97 Å². The number of halogens is 3. The molecule has 0 aliphatic rings. The van der Waals surface area contributed by atoms with E-state index in [-0.39, 0.29) is 27.2 Å². The first-order chi connectivity index (χ1) is 10.0. The number of ether oxygens (including phenoxy) is 1. The van der Waals surface area contributed by atoms with E-state index >= 15 is 0 Å². The molecule has 0 amide bonds. The van der Waals surface area contributed by atoms with Crippen LogP contribution < -0.4 is 0 Å². The van der Waals surface area contributed by atoms with Gasteiger partial charge in [-0.25, -0.2) is 4.79 Å². The largest absolute Gasteiger partial charge is 0.457 e. The van der Waals surface area contributed by atoms with Crippen molar-refractivity contribution in [3.8, 4) is 6.07 Å². The molecule has 0 saturated heterocycles. The Hall–Kier alpha value is -1.73. The second-order valence-corrected chi connectivity index (χ2v) is 5.26. The van der Waals surface area contributed by atoms with Crippen molar-refractivity contribution in [3.63, 3.8) is 0 Å². The summed E-state index contributed by atoms with van der Waals surface area (Å²) in [5, 5.41) is 9.39. The highest BCUT2D eigenvalue weighted by molar-refractivity contribution is 6.46. The molecular weight excluding hydrogens is 333 g/mol. The lowest BCUT2D eigenvalue weighted by molar-refractivity contribution is 0.0473. The molecule has 0 bridgehead atoms. The van der Waals surface area contributed by atoms with E-state index in [4.69, 9.17) is 44.8 Å². The van der Waals surface area contributed by atoms with Gasteiger partial charge in [0.2, 0.25) is 0 Å². The predicted octanol–water partition coefficient (Wildman–Crippen LogP) is 4.88. The van der Waals surface area contributed by atoms with Gasteiger partial charge in [0.05, 0.1) is 32.3 Å². The Labute approximate surface area is 136 Å². The fourth-order valence-corrected chi connectivity index (χ4v) is 2.37. The molecule has 0 atom stereocenters. The third-order valence-electron chi connectivity index (χ3n) is 2.74. The lowest BCUT2D eigenvalue weighted by Crippen LogP contribution is -2.08. The molecule has 106 valence electrons. The van der Waals surface area contributed by atoms with E-state index in [1.807, 2.05) is 6.07 Å². The highest BCUT2D eigenvalue weighted by Crippen LogP contribution is 2.32. The number of hydrogen-bond acceptors (Lipinski definition) is 3. The molecule has 0 spiro atoms. The fourth-order valence-electron chi connectivity index (χ4n) is 1.68. The number of esters is 1. The van der Waals surface area contributed by atoms with E-state index in [0.29, 0.717) is 11.1 Å². The number of carbonyl (C=O) groups excluding carboxylic acids is 1. The summed E-state index contributed by atoms with van der Waals surface area (Å²) >= 11 is 17.8. The molecule has 3 nitrogen and oxygen atoms in total. The molecule has 0 saturated carbocycles. The molecule has 0 N–H and O–H groups in total. The van der Waals surface area contributed by atoms with Crippen LogP contribution in [0.15, 0.2) is 36.4 Å². The summed E-state index contributed by atoms with van der Waals surface area (Å²) in [5.41, 5.74) is 1.05. The van der Waals surface area contributed by atoms with Crippen LogP contribution in [0.2, 0.25) is 15.1 Å². The highest BCUT2D eigenvalue weighted by Gasteiger charge is 2.19. The minimum atomic E-state index is -0.694. The van der Waals surface area contributed by atoms with Gasteiger partial charge in [0.15, 0.2) is 0 Å². The predicted molar refractivity (Wildman–Crippen MR) is 81.7 cm³/mol. The van der Waals surface area contributed by atoms with Crippen LogP contribution in [0.1, 0.15) is 21.5 Å². The average molecular weight is 341 g/mol. The normalized spacial score (nSPS) is 10.0. The number of rotatable bonds is 3.